The van der Waals surface area contributed by atoms with Crippen molar-refractivity contribution in [2.45, 2.75) is 5.92 Å². The van der Waals surface area contributed by atoms with Crippen LogP contribution in [0.25, 0.3) is 6.08 Å². The zero-order valence-corrected chi connectivity index (χ0v) is 16.2. The number of piperidine rings is 1. The van der Waals surface area contributed by atoms with Gasteiger partial charge in [-0.25, -0.2) is 4.79 Å². The van der Waals surface area contributed by atoms with Gasteiger partial charge in [-0.2, -0.15) is 0 Å². The summed E-state index contributed by atoms with van der Waals surface area (Å²) in [6.45, 7) is 0.481. The predicted octanol–water partition coefficient (Wildman–Crippen LogP) is 4.07. The van der Waals surface area contributed by atoms with E-state index in [0.717, 1.165) is 5.56 Å². The number of pyridine rings is 1. The number of phenolic OH excluding ortho intramolecular Hbond substituents is 1. The van der Waals surface area contributed by atoms with Crippen molar-refractivity contribution in [3.63, 3.8) is 0 Å². The molecule has 1 fully saturated rings. The highest BCUT2D eigenvalue weighted by atomic mass is 16.3. The second-order valence-corrected chi connectivity index (χ2v) is 7.11. The SMILES string of the molecule is O=C1C(=Cc2ccccn2)CN(C(=O)Nc2ccc(O)cc2)CC1c1ccccc1. The van der Waals surface area contributed by atoms with Crippen LogP contribution in [0.2, 0.25) is 0 Å². The lowest BCUT2D eigenvalue weighted by Gasteiger charge is -2.33. The normalized spacial score (nSPS) is 17.7. The number of anilines is 1. The molecule has 1 aliphatic heterocycles. The molecule has 2 N–H and O–H groups in total. The van der Waals surface area contributed by atoms with E-state index in [2.05, 4.69) is 10.3 Å². The van der Waals surface area contributed by atoms with Crippen LogP contribution in [-0.4, -0.2) is 39.9 Å². The van der Waals surface area contributed by atoms with E-state index in [4.69, 9.17) is 0 Å². The van der Waals surface area contributed by atoms with Crippen molar-refractivity contribution in [2.24, 2.45) is 0 Å². The fourth-order valence-electron chi connectivity index (χ4n) is 3.48. The molecule has 3 aromatic rings. The highest BCUT2D eigenvalue weighted by Crippen LogP contribution is 2.28. The van der Waals surface area contributed by atoms with Gasteiger partial charge >= 0.3 is 6.03 Å². The van der Waals surface area contributed by atoms with E-state index in [0.29, 0.717) is 17.0 Å². The fourth-order valence-corrected chi connectivity index (χ4v) is 3.48. The number of aromatic hydroxyl groups is 1. The molecule has 0 radical (unpaired) electrons. The number of hydrogen-bond acceptors (Lipinski definition) is 4. The maximum atomic E-state index is 13.2. The first-order chi connectivity index (χ1) is 14.6. The van der Waals surface area contributed by atoms with Crippen molar-refractivity contribution in [3.8, 4) is 5.75 Å². The largest absolute Gasteiger partial charge is 0.508 e. The third-order valence-corrected chi connectivity index (χ3v) is 5.01. The Morgan fingerprint density at radius 1 is 1.03 bits per heavy atom. The average Bonchev–Trinajstić information content (AvgIpc) is 2.78. The summed E-state index contributed by atoms with van der Waals surface area (Å²) in [6, 6.07) is 21.0. The van der Waals surface area contributed by atoms with Gasteiger partial charge in [0.15, 0.2) is 5.78 Å². The van der Waals surface area contributed by atoms with E-state index in [1.807, 2.05) is 48.5 Å². The van der Waals surface area contributed by atoms with Crippen LogP contribution in [0.15, 0.2) is 84.6 Å². The molecule has 1 atom stereocenters. The molecule has 2 heterocycles. The Morgan fingerprint density at radius 3 is 2.47 bits per heavy atom. The van der Waals surface area contributed by atoms with E-state index in [-0.39, 0.29) is 30.7 Å². The first kappa shape index (κ1) is 19.4. The predicted molar refractivity (Wildman–Crippen MR) is 115 cm³/mol. The summed E-state index contributed by atoms with van der Waals surface area (Å²) in [5.41, 5.74) is 2.65. The number of phenols is 1. The minimum atomic E-state index is -0.444. The number of amides is 2. The number of nitrogens with zero attached hydrogens (tertiary/aromatic N) is 2. The number of ketones is 1. The summed E-state index contributed by atoms with van der Waals surface area (Å²) >= 11 is 0. The van der Waals surface area contributed by atoms with Crippen LogP contribution in [0, 0.1) is 0 Å². The number of rotatable bonds is 3. The van der Waals surface area contributed by atoms with Gasteiger partial charge in [0, 0.05) is 24.0 Å². The van der Waals surface area contributed by atoms with Crippen molar-refractivity contribution >= 4 is 23.6 Å². The van der Waals surface area contributed by atoms with Crippen molar-refractivity contribution < 1.29 is 14.7 Å². The molecule has 6 nitrogen and oxygen atoms in total. The molecular weight excluding hydrogens is 378 g/mol. The van der Waals surface area contributed by atoms with Crippen LogP contribution in [-0.2, 0) is 4.79 Å². The fraction of sp³-hybridized carbons (Fsp3) is 0.125. The van der Waals surface area contributed by atoms with Crippen molar-refractivity contribution in [1.29, 1.82) is 0 Å². The number of carbonyl (C=O) groups excluding carboxylic acids is 2. The van der Waals surface area contributed by atoms with E-state index in [9.17, 15) is 14.7 Å². The molecule has 6 heteroatoms. The maximum Gasteiger partial charge on any atom is 0.322 e. The molecule has 1 unspecified atom stereocenters. The standard InChI is InChI=1S/C24H21N3O3/c28-21-11-9-19(10-12-21)26-24(30)27-15-18(14-20-8-4-5-13-25-20)23(29)22(16-27)17-6-2-1-3-7-17/h1-14,22,28H,15-16H2,(H,26,30). The summed E-state index contributed by atoms with van der Waals surface area (Å²) in [5.74, 6) is -0.317. The minimum Gasteiger partial charge on any atom is -0.508 e. The van der Waals surface area contributed by atoms with Gasteiger partial charge in [-0.15, -0.1) is 0 Å². The summed E-state index contributed by atoms with van der Waals surface area (Å²) in [4.78, 5) is 32.0. The third-order valence-electron chi connectivity index (χ3n) is 5.01. The molecule has 2 amide bonds. The zero-order chi connectivity index (χ0) is 20.9. The molecule has 0 aliphatic carbocycles. The van der Waals surface area contributed by atoms with Crippen LogP contribution in [0.5, 0.6) is 5.75 Å². The van der Waals surface area contributed by atoms with Crippen LogP contribution >= 0.6 is 0 Å². The van der Waals surface area contributed by atoms with Crippen molar-refractivity contribution in [2.75, 3.05) is 18.4 Å². The molecule has 1 saturated heterocycles. The number of carbonyl (C=O) groups is 2. The Morgan fingerprint density at radius 2 is 1.77 bits per heavy atom. The number of nitrogens with one attached hydrogen (secondary N) is 1. The number of benzene rings is 2. The zero-order valence-electron chi connectivity index (χ0n) is 16.2. The van der Waals surface area contributed by atoms with Crippen LogP contribution in [0.3, 0.4) is 0 Å². The lowest BCUT2D eigenvalue weighted by atomic mass is 9.86. The topological polar surface area (TPSA) is 82.5 Å². The molecular formula is C24H21N3O3. The molecule has 0 spiro atoms. The van der Waals surface area contributed by atoms with E-state index in [1.165, 1.54) is 12.1 Å². The van der Waals surface area contributed by atoms with Crippen molar-refractivity contribution in [3.05, 3.63) is 95.8 Å². The third kappa shape index (κ3) is 4.38. The minimum absolute atomic E-state index is 0.000497. The van der Waals surface area contributed by atoms with Gasteiger partial charge in [-0.1, -0.05) is 36.4 Å². The summed E-state index contributed by atoms with van der Waals surface area (Å²) in [7, 11) is 0. The molecule has 1 aliphatic rings. The molecule has 4 rings (SSSR count). The highest BCUT2D eigenvalue weighted by Gasteiger charge is 2.34. The first-order valence-corrected chi connectivity index (χ1v) is 9.66. The van der Waals surface area contributed by atoms with Crippen LogP contribution in [0.1, 0.15) is 17.2 Å². The smallest absolute Gasteiger partial charge is 0.322 e. The molecule has 1 aromatic heterocycles. The van der Waals surface area contributed by atoms with Gasteiger partial charge in [0.2, 0.25) is 0 Å². The Balaban J connectivity index is 1.63. The molecule has 30 heavy (non-hydrogen) atoms. The van der Waals surface area contributed by atoms with Crippen molar-refractivity contribution in [1.82, 2.24) is 9.88 Å². The van der Waals surface area contributed by atoms with Gasteiger partial charge < -0.3 is 15.3 Å². The number of urea groups is 1. The first-order valence-electron chi connectivity index (χ1n) is 9.66. The monoisotopic (exact) mass is 399 g/mol. The van der Waals surface area contributed by atoms with E-state index < -0.39 is 5.92 Å². The summed E-state index contributed by atoms with van der Waals surface area (Å²) < 4.78 is 0. The Bertz CT molecular complexity index is 1060. The Labute approximate surface area is 174 Å². The van der Waals surface area contributed by atoms with E-state index >= 15 is 0 Å². The van der Waals surface area contributed by atoms with Gasteiger partial charge in [-0.3, -0.25) is 9.78 Å². The second kappa shape index (κ2) is 8.61. The Kier molecular flexibility index (Phi) is 5.57. The number of Topliss-reactive ketones (excluding diaryl/α,β-unsaturated/α-hetero) is 1. The number of aromatic nitrogens is 1. The van der Waals surface area contributed by atoms with Crippen LogP contribution < -0.4 is 5.32 Å². The lowest BCUT2D eigenvalue weighted by Crippen LogP contribution is -2.46. The van der Waals surface area contributed by atoms with E-state index in [1.54, 1.807) is 29.3 Å². The second-order valence-electron chi connectivity index (χ2n) is 7.11. The molecule has 2 aromatic carbocycles. The molecule has 0 saturated carbocycles. The number of likely N-dealkylation sites (tertiary alicyclic amines) is 1. The quantitative estimate of drug-likeness (QED) is 0.514. The van der Waals surface area contributed by atoms with Gasteiger partial charge in [-0.05, 0) is 48.0 Å². The summed E-state index contributed by atoms with van der Waals surface area (Å²) in [5, 5.41) is 12.3. The Hall–Kier alpha value is -3.93. The number of hydrogen-bond donors (Lipinski definition) is 2. The highest BCUT2D eigenvalue weighted by molar-refractivity contribution is 6.06. The van der Waals surface area contributed by atoms with Gasteiger partial charge in [0.25, 0.3) is 0 Å². The average molecular weight is 399 g/mol. The summed E-state index contributed by atoms with van der Waals surface area (Å²) in [6.07, 6.45) is 3.42. The molecule has 0 bridgehead atoms. The molecule has 150 valence electrons. The van der Waals surface area contributed by atoms with Crippen LogP contribution in [0.4, 0.5) is 10.5 Å². The van der Waals surface area contributed by atoms with Gasteiger partial charge in [0.1, 0.15) is 5.75 Å². The lowest BCUT2D eigenvalue weighted by molar-refractivity contribution is -0.118. The maximum absolute atomic E-state index is 13.2. The van der Waals surface area contributed by atoms with Gasteiger partial charge in [0.05, 0.1) is 18.2 Å².